The zero-order chi connectivity index (χ0) is 15.0. The fourth-order valence-corrected chi connectivity index (χ4v) is 2.35. The van der Waals surface area contributed by atoms with Gasteiger partial charge in [0.2, 0.25) is 5.89 Å². The Hall–Kier alpha value is -2.21. The maximum absolute atomic E-state index is 5.47. The van der Waals surface area contributed by atoms with Gasteiger partial charge in [0.05, 0.1) is 12.7 Å². The lowest BCUT2D eigenvalue weighted by Gasteiger charge is -2.11. The number of pyridine rings is 1. The van der Waals surface area contributed by atoms with Crippen LogP contribution in [-0.4, -0.2) is 22.3 Å². The van der Waals surface area contributed by atoms with Gasteiger partial charge in [-0.15, -0.1) is 5.10 Å². The fourth-order valence-electron chi connectivity index (χ4n) is 2.22. The molecule has 0 saturated carbocycles. The molecule has 0 aliphatic rings. The Bertz CT molecular complexity index is 851. The molecular weight excluding hydrogens is 286 g/mol. The molecule has 6 heteroatoms. The number of ether oxygens (including phenoxy) is 1. The van der Waals surface area contributed by atoms with Crippen LogP contribution in [0.4, 0.5) is 0 Å². The van der Waals surface area contributed by atoms with E-state index in [0.29, 0.717) is 5.89 Å². The first-order valence-corrected chi connectivity index (χ1v) is 7.04. The first kappa shape index (κ1) is 13.8. The standard InChI is InChI=1S/C15H15N3O2S/c1-8(2)11-7-10(14-17-18-15(21)20-14)9-5-4-6-12(19-3)13(9)16-11/h4-8H,1-3H3,(H,18,21). The normalized spacial score (nSPS) is 11.2. The van der Waals surface area contributed by atoms with Crippen molar-refractivity contribution in [2.24, 2.45) is 0 Å². The van der Waals surface area contributed by atoms with Crippen LogP contribution in [0.3, 0.4) is 0 Å². The van der Waals surface area contributed by atoms with Crippen molar-refractivity contribution in [3.05, 3.63) is 34.8 Å². The summed E-state index contributed by atoms with van der Waals surface area (Å²) in [4.78, 5) is 4.96. The molecule has 3 aromatic rings. The summed E-state index contributed by atoms with van der Waals surface area (Å²) in [6.07, 6.45) is 0. The minimum Gasteiger partial charge on any atom is -0.494 e. The van der Waals surface area contributed by atoms with Crippen molar-refractivity contribution in [3.8, 4) is 17.2 Å². The summed E-state index contributed by atoms with van der Waals surface area (Å²) in [7, 11) is 1.64. The molecule has 1 N–H and O–H groups in total. The van der Waals surface area contributed by atoms with Gasteiger partial charge < -0.3 is 9.15 Å². The number of methoxy groups -OCH3 is 1. The maximum atomic E-state index is 5.47. The van der Waals surface area contributed by atoms with Crippen LogP contribution in [0.1, 0.15) is 25.5 Å². The maximum Gasteiger partial charge on any atom is 0.284 e. The van der Waals surface area contributed by atoms with Gasteiger partial charge in [-0.3, -0.25) is 0 Å². The van der Waals surface area contributed by atoms with Gasteiger partial charge in [-0.25, -0.2) is 10.1 Å². The Labute approximate surface area is 127 Å². The SMILES string of the molecule is COc1cccc2c(-c3n[nH]c(=S)o3)cc(C(C)C)nc12. The van der Waals surface area contributed by atoms with Gasteiger partial charge in [-0.2, -0.15) is 0 Å². The fraction of sp³-hybridized carbons (Fsp3) is 0.267. The van der Waals surface area contributed by atoms with E-state index in [2.05, 4.69) is 24.0 Å². The average molecular weight is 301 g/mol. The van der Waals surface area contributed by atoms with Gasteiger partial charge >= 0.3 is 0 Å². The van der Waals surface area contributed by atoms with Gasteiger partial charge in [0.25, 0.3) is 4.84 Å². The van der Waals surface area contributed by atoms with Crippen LogP contribution in [0.2, 0.25) is 0 Å². The molecule has 0 amide bonds. The molecule has 2 aromatic heterocycles. The topological polar surface area (TPSA) is 63.9 Å². The summed E-state index contributed by atoms with van der Waals surface area (Å²) < 4.78 is 10.9. The van der Waals surface area contributed by atoms with Crippen molar-refractivity contribution in [1.82, 2.24) is 15.2 Å². The lowest BCUT2D eigenvalue weighted by atomic mass is 10.0. The molecule has 2 heterocycles. The highest BCUT2D eigenvalue weighted by atomic mass is 32.1. The number of aromatic nitrogens is 3. The van der Waals surface area contributed by atoms with Gasteiger partial charge in [0.15, 0.2) is 0 Å². The van der Waals surface area contributed by atoms with E-state index in [1.54, 1.807) is 7.11 Å². The van der Waals surface area contributed by atoms with E-state index in [4.69, 9.17) is 26.4 Å². The molecule has 0 spiro atoms. The highest BCUT2D eigenvalue weighted by molar-refractivity contribution is 7.71. The second-order valence-electron chi connectivity index (χ2n) is 5.02. The Balaban J connectivity index is 2.38. The van der Waals surface area contributed by atoms with E-state index in [1.165, 1.54) is 0 Å². The van der Waals surface area contributed by atoms with Gasteiger partial charge in [0, 0.05) is 11.1 Å². The van der Waals surface area contributed by atoms with Crippen LogP contribution in [0.15, 0.2) is 28.7 Å². The highest BCUT2D eigenvalue weighted by Gasteiger charge is 2.16. The van der Waals surface area contributed by atoms with Crippen LogP contribution in [0.5, 0.6) is 5.75 Å². The van der Waals surface area contributed by atoms with Crippen molar-refractivity contribution < 1.29 is 9.15 Å². The van der Waals surface area contributed by atoms with Crippen LogP contribution < -0.4 is 4.74 Å². The third-order valence-corrected chi connectivity index (χ3v) is 3.48. The molecule has 0 radical (unpaired) electrons. The number of benzene rings is 1. The van der Waals surface area contributed by atoms with E-state index >= 15 is 0 Å². The van der Waals surface area contributed by atoms with Crippen molar-refractivity contribution in [2.45, 2.75) is 19.8 Å². The first-order chi connectivity index (χ1) is 10.1. The molecule has 0 unspecified atom stereocenters. The Morgan fingerprint density at radius 2 is 2.14 bits per heavy atom. The number of nitrogens with one attached hydrogen (secondary N) is 1. The minimum atomic E-state index is 0.254. The smallest absolute Gasteiger partial charge is 0.284 e. The predicted molar refractivity (Wildman–Crippen MR) is 83.1 cm³/mol. The minimum absolute atomic E-state index is 0.254. The number of fused-ring (bicyclic) bond motifs is 1. The molecule has 108 valence electrons. The molecule has 0 bridgehead atoms. The Morgan fingerprint density at radius 3 is 2.76 bits per heavy atom. The predicted octanol–water partition coefficient (Wildman–Crippen LogP) is 4.08. The number of rotatable bonds is 3. The molecule has 3 rings (SSSR count). The highest BCUT2D eigenvalue weighted by Crippen LogP contribution is 2.33. The average Bonchev–Trinajstić information content (AvgIpc) is 2.91. The quantitative estimate of drug-likeness (QED) is 0.738. The van der Waals surface area contributed by atoms with E-state index < -0.39 is 0 Å². The van der Waals surface area contributed by atoms with Gasteiger partial charge in [-0.1, -0.05) is 26.0 Å². The Kier molecular flexibility index (Phi) is 3.47. The zero-order valence-electron chi connectivity index (χ0n) is 12.0. The summed E-state index contributed by atoms with van der Waals surface area (Å²) in [5, 5.41) is 7.70. The molecule has 5 nitrogen and oxygen atoms in total. The van der Waals surface area contributed by atoms with Crippen LogP contribution in [0, 0.1) is 4.84 Å². The van der Waals surface area contributed by atoms with Crippen molar-refractivity contribution in [2.75, 3.05) is 7.11 Å². The lowest BCUT2D eigenvalue weighted by molar-refractivity contribution is 0.418. The lowest BCUT2D eigenvalue weighted by Crippen LogP contribution is -1.97. The molecule has 0 saturated heterocycles. The number of hydrogen-bond donors (Lipinski definition) is 1. The second kappa shape index (κ2) is 5.29. The number of para-hydroxylation sites is 1. The van der Waals surface area contributed by atoms with Gasteiger partial charge in [-0.05, 0) is 30.3 Å². The summed E-state index contributed by atoms with van der Waals surface area (Å²) in [5.41, 5.74) is 2.60. The monoisotopic (exact) mass is 301 g/mol. The molecule has 0 fully saturated rings. The van der Waals surface area contributed by atoms with E-state index in [9.17, 15) is 0 Å². The first-order valence-electron chi connectivity index (χ1n) is 6.63. The van der Waals surface area contributed by atoms with Crippen molar-refractivity contribution in [3.63, 3.8) is 0 Å². The Morgan fingerprint density at radius 1 is 1.33 bits per heavy atom. The van der Waals surface area contributed by atoms with Crippen LogP contribution in [-0.2, 0) is 0 Å². The largest absolute Gasteiger partial charge is 0.494 e. The van der Waals surface area contributed by atoms with E-state index in [-0.39, 0.29) is 10.8 Å². The third-order valence-electron chi connectivity index (χ3n) is 3.30. The number of nitrogens with zero attached hydrogens (tertiary/aromatic N) is 2. The third kappa shape index (κ3) is 2.42. The molecule has 21 heavy (non-hydrogen) atoms. The second-order valence-corrected chi connectivity index (χ2v) is 5.39. The number of H-pyrrole nitrogens is 1. The van der Waals surface area contributed by atoms with Crippen LogP contribution >= 0.6 is 12.2 Å². The van der Waals surface area contributed by atoms with E-state index in [0.717, 1.165) is 27.9 Å². The molecule has 0 atom stereocenters. The summed E-state index contributed by atoms with van der Waals surface area (Å²) in [6.45, 7) is 4.18. The van der Waals surface area contributed by atoms with Crippen molar-refractivity contribution >= 4 is 23.1 Å². The number of hydrogen-bond acceptors (Lipinski definition) is 5. The molecule has 0 aliphatic carbocycles. The molecule has 0 aliphatic heterocycles. The van der Waals surface area contributed by atoms with Gasteiger partial charge in [0.1, 0.15) is 11.3 Å². The summed E-state index contributed by atoms with van der Waals surface area (Å²) >= 11 is 4.96. The number of aromatic amines is 1. The van der Waals surface area contributed by atoms with Crippen molar-refractivity contribution in [1.29, 1.82) is 0 Å². The molecular formula is C15H15N3O2S. The molecule has 1 aromatic carbocycles. The van der Waals surface area contributed by atoms with E-state index in [1.807, 2.05) is 24.3 Å². The van der Waals surface area contributed by atoms with Crippen LogP contribution in [0.25, 0.3) is 22.4 Å². The summed E-state index contributed by atoms with van der Waals surface area (Å²) in [5.74, 6) is 1.47. The summed E-state index contributed by atoms with van der Waals surface area (Å²) in [6, 6.07) is 7.77. The zero-order valence-corrected chi connectivity index (χ0v) is 12.8.